The second-order valence-electron chi connectivity index (χ2n) is 6.57. The van der Waals surface area contributed by atoms with Gasteiger partial charge in [-0.05, 0) is 77.2 Å². The van der Waals surface area contributed by atoms with Gasteiger partial charge < -0.3 is 16.0 Å². The van der Waals surface area contributed by atoms with E-state index in [1.807, 2.05) is 13.1 Å². The third-order valence-electron chi connectivity index (χ3n) is 4.36. The fraction of sp³-hybridized carbons (Fsp3) is 0.619. The maximum absolute atomic E-state index is 3.79. The Bertz CT molecular complexity index is 431. The van der Waals surface area contributed by atoms with Gasteiger partial charge in [-0.25, -0.2) is 0 Å². The zero-order chi connectivity index (χ0) is 17.5. The Balaban J connectivity index is 2.25. The van der Waals surface area contributed by atoms with Crippen LogP contribution in [0.25, 0.3) is 0 Å². The van der Waals surface area contributed by atoms with Gasteiger partial charge in [-0.1, -0.05) is 30.7 Å². The Morgan fingerprint density at radius 1 is 1.04 bits per heavy atom. The number of hydrogen-bond donors (Lipinski definition) is 3. The Morgan fingerprint density at radius 3 is 2.67 bits per heavy atom. The van der Waals surface area contributed by atoms with Gasteiger partial charge in [-0.3, -0.25) is 0 Å². The Hall–Kier alpha value is -1.32. The molecule has 3 heteroatoms. The van der Waals surface area contributed by atoms with Crippen molar-refractivity contribution in [2.45, 2.75) is 57.9 Å². The van der Waals surface area contributed by atoms with Gasteiger partial charge in [-0.15, -0.1) is 6.58 Å². The molecule has 0 aliphatic rings. The highest BCUT2D eigenvalue weighted by Crippen LogP contribution is 2.18. The van der Waals surface area contributed by atoms with Crippen LogP contribution in [0.1, 0.15) is 51.0 Å². The number of allylic oxidation sites excluding steroid dienone is 1. The fourth-order valence-corrected chi connectivity index (χ4v) is 2.83. The van der Waals surface area contributed by atoms with Gasteiger partial charge in [0.15, 0.2) is 0 Å². The lowest BCUT2D eigenvalue weighted by Gasteiger charge is -2.16. The van der Waals surface area contributed by atoms with Crippen LogP contribution in [0.15, 0.2) is 36.9 Å². The van der Waals surface area contributed by atoms with E-state index >= 15 is 0 Å². The van der Waals surface area contributed by atoms with E-state index < -0.39 is 0 Å². The van der Waals surface area contributed by atoms with Gasteiger partial charge in [0.25, 0.3) is 0 Å². The van der Waals surface area contributed by atoms with Crippen LogP contribution in [-0.4, -0.2) is 32.7 Å². The Morgan fingerprint density at radius 2 is 1.88 bits per heavy atom. The van der Waals surface area contributed by atoms with Crippen molar-refractivity contribution in [3.05, 3.63) is 42.5 Å². The molecule has 0 amide bonds. The molecule has 1 rings (SSSR count). The predicted molar refractivity (Wildman–Crippen MR) is 108 cm³/mol. The summed E-state index contributed by atoms with van der Waals surface area (Å²) in [5, 5.41) is 10.4. The molecule has 136 valence electrons. The number of para-hydroxylation sites is 1. The van der Waals surface area contributed by atoms with E-state index in [0.717, 1.165) is 38.9 Å². The highest BCUT2D eigenvalue weighted by molar-refractivity contribution is 5.51. The smallest absolute Gasteiger partial charge is 0.0372 e. The van der Waals surface area contributed by atoms with Crippen molar-refractivity contribution in [2.75, 3.05) is 32.0 Å². The average Bonchev–Trinajstić information content (AvgIpc) is 2.60. The van der Waals surface area contributed by atoms with Crippen LogP contribution >= 0.6 is 0 Å². The number of hydrogen-bond acceptors (Lipinski definition) is 3. The number of benzene rings is 1. The van der Waals surface area contributed by atoms with Crippen LogP contribution in [-0.2, 0) is 6.42 Å². The van der Waals surface area contributed by atoms with Crippen LogP contribution in [0.3, 0.4) is 0 Å². The summed E-state index contributed by atoms with van der Waals surface area (Å²) in [6.07, 6.45) is 10.5. The van der Waals surface area contributed by atoms with Crippen LogP contribution in [0, 0.1) is 0 Å². The second-order valence-corrected chi connectivity index (χ2v) is 6.57. The maximum atomic E-state index is 3.79. The molecule has 0 fully saturated rings. The molecule has 1 aromatic carbocycles. The summed E-state index contributed by atoms with van der Waals surface area (Å²) in [5.74, 6) is 0. The normalized spacial score (nSPS) is 12.1. The van der Waals surface area contributed by atoms with Gasteiger partial charge in [0.2, 0.25) is 0 Å². The zero-order valence-electron chi connectivity index (χ0n) is 15.7. The fourth-order valence-electron chi connectivity index (χ4n) is 2.83. The molecule has 0 aromatic heterocycles. The Kier molecular flexibility index (Phi) is 12.1. The minimum atomic E-state index is 0.556. The van der Waals surface area contributed by atoms with Gasteiger partial charge in [-0.2, -0.15) is 0 Å². The highest BCUT2D eigenvalue weighted by Gasteiger charge is 2.04. The summed E-state index contributed by atoms with van der Waals surface area (Å²) in [4.78, 5) is 0. The Labute approximate surface area is 149 Å². The summed E-state index contributed by atoms with van der Waals surface area (Å²) < 4.78 is 0. The molecular formula is C21H37N3. The molecule has 0 heterocycles. The van der Waals surface area contributed by atoms with Crippen molar-refractivity contribution in [3.8, 4) is 0 Å². The lowest BCUT2D eigenvalue weighted by atomic mass is 10.0. The lowest BCUT2D eigenvalue weighted by molar-refractivity contribution is 0.511. The van der Waals surface area contributed by atoms with E-state index in [-0.39, 0.29) is 0 Å². The van der Waals surface area contributed by atoms with Crippen molar-refractivity contribution in [3.63, 3.8) is 0 Å². The van der Waals surface area contributed by atoms with Gasteiger partial charge in [0, 0.05) is 18.3 Å². The standard InChI is InChI=1S/C21H37N3/c1-4-5-6-7-8-12-20-13-9-10-14-21(20)24-18-15-19(2)23-17-11-16-22-3/h4,9-10,13-14,19,22-24H,1,5-8,11-12,15-18H2,2-3H3. The van der Waals surface area contributed by atoms with Crippen LogP contribution in [0.2, 0.25) is 0 Å². The number of nitrogens with one attached hydrogen (secondary N) is 3. The monoisotopic (exact) mass is 331 g/mol. The number of anilines is 1. The topological polar surface area (TPSA) is 36.1 Å². The maximum Gasteiger partial charge on any atom is 0.0372 e. The number of aryl methyl sites for hydroxylation is 1. The third-order valence-corrected chi connectivity index (χ3v) is 4.36. The zero-order valence-corrected chi connectivity index (χ0v) is 15.7. The molecule has 3 nitrogen and oxygen atoms in total. The average molecular weight is 332 g/mol. The van der Waals surface area contributed by atoms with Crippen molar-refractivity contribution in [1.29, 1.82) is 0 Å². The summed E-state index contributed by atoms with van der Waals surface area (Å²) in [5.41, 5.74) is 2.76. The predicted octanol–water partition coefficient (Wildman–Crippen LogP) is 4.37. The molecule has 0 saturated carbocycles. The number of unbranched alkanes of at least 4 members (excludes halogenated alkanes) is 3. The molecule has 3 N–H and O–H groups in total. The van der Waals surface area contributed by atoms with Gasteiger partial charge >= 0.3 is 0 Å². The minimum absolute atomic E-state index is 0.556. The number of rotatable bonds is 15. The van der Waals surface area contributed by atoms with E-state index in [1.54, 1.807) is 0 Å². The van der Waals surface area contributed by atoms with Crippen LogP contribution in [0.5, 0.6) is 0 Å². The second kappa shape index (κ2) is 14.1. The van der Waals surface area contributed by atoms with Crippen LogP contribution < -0.4 is 16.0 Å². The molecular weight excluding hydrogens is 294 g/mol. The van der Waals surface area contributed by atoms with E-state index in [0.29, 0.717) is 6.04 Å². The quantitative estimate of drug-likeness (QED) is 0.330. The molecule has 24 heavy (non-hydrogen) atoms. The third kappa shape index (κ3) is 9.74. The molecule has 1 unspecified atom stereocenters. The van der Waals surface area contributed by atoms with Gasteiger partial charge in [0.1, 0.15) is 0 Å². The van der Waals surface area contributed by atoms with E-state index in [1.165, 1.54) is 36.9 Å². The highest BCUT2D eigenvalue weighted by atomic mass is 14.9. The first-order valence-electron chi connectivity index (χ1n) is 9.58. The summed E-state index contributed by atoms with van der Waals surface area (Å²) in [6.45, 7) is 9.25. The molecule has 1 aromatic rings. The van der Waals surface area contributed by atoms with Crippen LogP contribution in [0.4, 0.5) is 5.69 Å². The molecule has 0 saturated heterocycles. The van der Waals surface area contributed by atoms with Crippen molar-refractivity contribution < 1.29 is 0 Å². The first-order chi connectivity index (χ1) is 11.8. The molecule has 1 atom stereocenters. The molecule has 0 aliphatic carbocycles. The van der Waals surface area contributed by atoms with Crippen molar-refractivity contribution in [2.24, 2.45) is 0 Å². The van der Waals surface area contributed by atoms with Gasteiger partial charge in [0.05, 0.1) is 0 Å². The SMILES string of the molecule is C=CCCCCCc1ccccc1NCCC(C)NCCCNC. The first kappa shape index (κ1) is 20.7. The largest absolute Gasteiger partial charge is 0.385 e. The summed E-state index contributed by atoms with van der Waals surface area (Å²) in [7, 11) is 2.00. The summed E-state index contributed by atoms with van der Waals surface area (Å²) >= 11 is 0. The molecule has 0 bridgehead atoms. The van der Waals surface area contributed by atoms with E-state index in [2.05, 4.69) is 53.7 Å². The van der Waals surface area contributed by atoms with Crippen molar-refractivity contribution in [1.82, 2.24) is 10.6 Å². The van der Waals surface area contributed by atoms with E-state index in [9.17, 15) is 0 Å². The first-order valence-corrected chi connectivity index (χ1v) is 9.58. The molecule has 0 aliphatic heterocycles. The summed E-state index contributed by atoms with van der Waals surface area (Å²) in [6, 6.07) is 9.30. The molecule has 0 spiro atoms. The molecule has 0 radical (unpaired) electrons. The van der Waals surface area contributed by atoms with Crippen molar-refractivity contribution >= 4 is 5.69 Å². The van der Waals surface area contributed by atoms with E-state index in [4.69, 9.17) is 0 Å². The lowest BCUT2D eigenvalue weighted by Crippen LogP contribution is -2.30. The minimum Gasteiger partial charge on any atom is -0.385 e.